The molecule has 0 unspecified atom stereocenters. The third kappa shape index (κ3) is 4.54. The van der Waals surface area contributed by atoms with Crippen LogP contribution in [0.3, 0.4) is 0 Å². The lowest BCUT2D eigenvalue weighted by Crippen LogP contribution is -2.12. The lowest BCUT2D eigenvalue weighted by atomic mass is 10.0. The third-order valence-corrected chi connectivity index (χ3v) is 5.10. The van der Waals surface area contributed by atoms with E-state index in [9.17, 15) is 15.3 Å². The Morgan fingerprint density at radius 1 is 1.23 bits per heavy atom. The summed E-state index contributed by atoms with van der Waals surface area (Å²) in [4.78, 5) is 16.4. The molecule has 0 bridgehead atoms. The van der Waals surface area contributed by atoms with Crippen molar-refractivity contribution in [3.63, 3.8) is 0 Å². The highest BCUT2D eigenvalue weighted by molar-refractivity contribution is 7.99. The van der Waals surface area contributed by atoms with E-state index in [0.29, 0.717) is 33.5 Å². The smallest absolute Gasteiger partial charge is 0.225 e. The van der Waals surface area contributed by atoms with Gasteiger partial charge in [0, 0.05) is 17.9 Å². The highest BCUT2D eigenvalue weighted by Crippen LogP contribution is 2.35. The number of nitrogens with one attached hydrogen (secondary N) is 1. The van der Waals surface area contributed by atoms with Gasteiger partial charge in [-0.05, 0) is 36.4 Å². The molecule has 0 aliphatic rings. The number of benzene rings is 1. The second-order valence-corrected chi connectivity index (χ2v) is 7.09. The van der Waals surface area contributed by atoms with Crippen molar-refractivity contribution in [2.24, 2.45) is 0 Å². The van der Waals surface area contributed by atoms with Gasteiger partial charge in [0.2, 0.25) is 5.91 Å². The number of aromatic nitrogens is 1. The quantitative estimate of drug-likeness (QED) is 0.552. The Bertz CT molecular complexity index is 1130. The van der Waals surface area contributed by atoms with Crippen LogP contribution < -0.4 is 15.8 Å². The van der Waals surface area contributed by atoms with E-state index in [2.05, 4.69) is 16.4 Å². The van der Waals surface area contributed by atoms with Gasteiger partial charge in [0.15, 0.2) is 0 Å². The molecule has 1 aromatic carbocycles. The zero-order chi connectivity index (χ0) is 21.5. The first-order valence-electron chi connectivity index (χ1n) is 8.81. The fraction of sp³-hybridized carbons (Fsp3) is 0.143. The van der Waals surface area contributed by atoms with E-state index in [-0.39, 0.29) is 29.3 Å². The Morgan fingerprint density at radius 3 is 2.57 bits per heavy atom. The van der Waals surface area contributed by atoms with Crippen LogP contribution in [0.4, 0.5) is 11.5 Å². The van der Waals surface area contributed by atoms with Gasteiger partial charge in [-0.2, -0.15) is 10.5 Å². The van der Waals surface area contributed by atoms with Gasteiger partial charge < -0.3 is 20.2 Å². The molecule has 9 heteroatoms. The lowest BCUT2D eigenvalue weighted by Gasteiger charge is -2.11. The Morgan fingerprint density at radius 2 is 1.97 bits per heavy atom. The predicted octanol–water partition coefficient (Wildman–Crippen LogP) is 3.80. The number of nitrogens with two attached hydrogens (primary N) is 1. The predicted molar refractivity (Wildman–Crippen MR) is 113 cm³/mol. The summed E-state index contributed by atoms with van der Waals surface area (Å²) < 4.78 is 10.5. The zero-order valence-corrected chi connectivity index (χ0v) is 16.8. The van der Waals surface area contributed by atoms with Crippen molar-refractivity contribution < 1.29 is 13.9 Å². The number of amides is 1. The molecular weight excluding hydrogens is 402 g/mol. The number of furan rings is 1. The van der Waals surface area contributed by atoms with Crippen molar-refractivity contribution in [3.05, 3.63) is 53.8 Å². The lowest BCUT2D eigenvalue weighted by molar-refractivity contribution is -0.115. The van der Waals surface area contributed by atoms with E-state index < -0.39 is 0 Å². The number of thioether (sulfide) groups is 1. The van der Waals surface area contributed by atoms with Crippen LogP contribution in [0.25, 0.3) is 11.3 Å². The van der Waals surface area contributed by atoms with Crippen LogP contribution in [0, 0.1) is 22.7 Å². The van der Waals surface area contributed by atoms with Crippen LogP contribution in [0.15, 0.2) is 52.1 Å². The molecule has 0 atom stereocenters. The van der Waals surface area contributed by atoms with Gasteiger partial charge >= 0.3 is 0 Å². The van der Waals surface area contributed by atoms with E-state index in [0.717, 1.165) is 0 Å². The average molecular weight is 419 g/mol. The molecule has 0 fully saturated rings. The van der Waals surface area contributed by atoms with Crippen molar-refractivity contribution in [2.75, 3.05) is 23.9 Å². The molecule has 0 aliphatic carbocycles. The number of carbonyl (C=O) groups is 1. The maximum Gasteiger partial charge on any atom is 0.225 e. The summed E-state index contributed by atoms with van der Waals surface area (Å²) in [7, 11) is 1.57. The van der Waals surface area contributed by atoms with Crippen molar-refractivity contribution in [1.29, 1.82) is 10.5 Å². The van der Waals surface area contributed by atoms with Gasteiger partial charge in [-0.25, -0.2) is 4.98 Å². The highest BCUT2D eigenvalue weighted by atomic mass is 32.2. The number of nitriles is 2. The topological polar surface area (TPSA) is 138 Å². The number of carbonyl (C=O) groups excluding carboxylic acids is 1. The molecule has 0 saturated heterocycles. The summed E-state index contributed by atoms with van der Waals surface area (Å²) in [6.45, 7) is 0. The molecule has 3 N–H and O–H groups in total. The maximum atomic E-state index is 12.2. The molecule has 0 saturated carbocycles. The second kappa shape index (κ2) is 9.50. The van der Waals surface area contributed by atoms with Gasteiger partial charge in [-0.1, -0.05) is 0 Å². The van der Waals surface area contributed by atoms with Crippen molar-refractivity contribution in [1.82, 2.24) is 4.98 Å². The Labute approximate surface area is 177 Å². The monoisotopic (exact) mass is 419 g/mol. The highest BCUT2D eigenvalue weighted by Gasteiger charge is 2.22. The molecule has 3 aromatic rings. The van der Waals surface area contributed by atoms with Gasteiger partial charge in [0.25, 0.3) is 0 Å². The van der Waals surface area contributed by atoms with Crippen LogP contribution >= 0.6 is 11.8 Å². The largest absolute Gasteiger partial charge is 0.497 e. The second-order valence-electron chi connectivity index (χ2n) is 6.00. The first-order valence-corrected chi connectivity index (χ1v) is 9.80. The summed E-state index contributed by atoms with van der Waals surface area (Å²) >= 11 is 1.22. The summed E-state index contributed by atoms with van der Waals surface area (Å²) in [5.74, 6) is 1.25. The molecule has 1 amide bonds. The van der Waals surface area contributed by atoms with Crippen LogP contribution in [0.5, 0.6) is 5.75 Å². The van der Waals surface area contributed by atoms with E-state index in [1.807, 2.05) is 6.07 Å². The first kappa shape index (κ1) is 20.8. The minimum Gasteiger partial charge on any atom is -0.497 e. The van der Waals surface area contributed by atoms with Crippen LogP contribution in [0.1, 0.15) is 17.5 Å². The Kier molecular flexibility index (Phi) is 6.58. The average Bonchev–Trinajstić information content (AvgIpc) is 3.28. The molecule has 0 spiro atoms. The van der Waals surface area contributed by atoms with Crippen LogP contribution in [-0.2, 0) is 4.79 Å². The van der Waals surface area contributed by atoms with Gasteiger partial charge in [0.05, 0.1) is 24.5 Å². The first-order chi connectivity index (χ1) is 14.6. The summed E-state index contributed by atoms with van der Waals surface area (Å²) in [6.07, 6.45) is 1.64. The zero-order valence-electron chi connectivity index (χ0n) is 16.0. The maximum absolute atomic E-state index is 12.2. The molecule has 0 radical (unpaired) electrons. The SMILES string of the molecule is COc1ccc(NC(=O)CCSc2nc(N)c(C#N)c(-c3ccco3)c2C#N)cc1. The minimum atomic E-state index is -0.181. The van der Waals surface area contributed by atoms with E-state index in [1.54, 1.807) is 43.5 Å². The molecule has 30 heavy (non-hydrogen) atoms. The summed E-state index contributed by atoms with van der Waals surface area (Å²) in [6, 6.07) is 14.4. The van der Waals surface area contributed by atoms with Crippen molar-refractivity contribution in [3.8, 4) is 29.2 Å². The molecule has 3 rings (SSSR count). The Balaban J connectivity index is 1.73. The number of nitrogens with zero attached hydrogens (tertiary/aromatic N) is 3. The van der Waals surface area contributed by atoms with E-state index in [1.165, 1.54) is 18.0 Å². The van der Waals surface area contributed by atoms with Crippen molar-refractivity contribution in [2.45, 2.75) is 11.4 Å². The number of nitrogen functional groups attached to an aromatic ring is 1. The number of hydrogen-bond donors (Lipinski definition) is 2. The minimum absolute atomic E-state index is 0.00749. The number of methoxy groups -OCH3 is 1. The van der Waals surface area contributed by atoms with E-state index >= 15 is 0 Å². The van der Waals surface area contributed by atoms with E-state index in [4.69, 9.17) is 14.9 Å². The summed E-state index contributed by atoms with van der Waals surface area (Å²) in [5, 5.41) is 22.3. The van der Waals surface area contributed by atoms with Crippen LogP contribution in [-0.4, -0.2) is 23.8 Å². The molecule has 2 heterocycles. The fourth-order valence-electron chi connectivity index (χ4n) is 2.71. The van der Waals surface area contributed by atoms with Gasteiger partial charge in [-0.15, -0.1) is 11.8 Å². The normalized spacial score (nSPS) is 10.1. The van der Waals surface area contributed by atoms with Crippen molar-refractivity contribution >= 4 is 29.2 Å². The number of rotatable bonds is 7. The number of ether oxygens (including phenoxy) is 1. The molecule has 8 nitrogen and oxygen atoms in total. The number of hydrogen-bond acceptors (Lipinski definition) is 8. The summed E-state index contributed by atoms with van der Waals surface area (Å²) in [5.41, 5.74) is 7.17. The standard InChI is InChI=1S/C21H17N5O3S/c1-28-14-6-4-13(5-7-14)25-18(27)8-10-30-21-16(12-23)19(17-3-2-9-29-17)15(11-22)20(24)26-21/h2-7,9H,8,10H2,1H3,(H2,24,26)(H,25,27). The Hall–Kier alpha value is -3.95. The number of pyridine rings is 1. The fourth-order valence-corrected chi connectivity index (χ4v) is 3.64. The third-order valence-electron chi connectivity index (χ3n) is 4.12. The molecular formula is C21H17N5O3S. The molecule has 0 aliphatic heterocycles. The number of anilines is 2. The van der Waals surface area contributed by atoms with Gasteiger partial charge in [-0.3, -0.25) is 4.79 Å². The van der Waals surface area contributed by atoms with Crippen LogP contribution in [0.2, 0.25) is 0 Å². The molecule has 2 aromatic heterocycles. The van der Waals surface area contributed by atoms with Gasteiger partial charge in [0.1, 0.15) is 40.1 Å². The molecule has 150 valence electrons.